The molecule has 0 aromatic heterocycles. The van der Waals surface area contributed by atoms with Crippen molar-refractivity contribution in [3.8, 4) is 0 Å². The summed E-state index contributed by atoms with van der Waals surface area (Å²) < 4.78 is 5.64. The molecule has 3 aliphatic rings. The molecule has 0 aromatic carbocycles. The molecular weight excluding hydrogens is 198 g/mol. The maximum Gasteiger partial charge on any atom is 0.310 e. The summed E-state index contributed by atoms with van der Waals surface area (Å²) in [6.07, 6.45) is 3.19. The summed E-state index contributed by atoms with van der Waals surface area (Å²) in [7, 11) is 1.68. The summed E-state index contributed by atoms with van der Waals surface area (Å²) in [5, 5.41) is 9.10. The molecule has 5 nitrogen and oxygen atoms in total. The number of hydrogen-bond acceptors (Lipinski definition) is 3. The van der Waals surface area contributed by atoms with E-state index in [0.29, 0.717) is 6.54 Å². The van der Waals surface area contributed by atoms with Crippen LogP contribution in [0.15, 0.2) is 12.2 Å². The Bertz CT molecular complexity index is 391. The van der Waals surface area contributed by atoms with Crippen molar-refractivity contribution in [1.29, 1.82) is 0 Å². The molecule has 0 radical (unpaired) electrons. The van der Waals surface area contributed by atoms with E-state index in [2.05, 4.69) is 0 Å². The lowest BCUT2D eigenvalue weighted by atomic mass is 9.77. The highest BCUT2D eigenvalue weighted by Crippen LogP contribution is 2.51. The van der Waals surface area contributed by atoms with Crippen molar-refractivity contribution < 1.29 is 19.4 Å². The molecule has 3 aliphatic heterocycles. The Labute approximate surface area is 86.3 Å². The zero-order chi connectivity index (χ0) is 10.8. The highest BCUT2D eigenvalue weighted by molar-refractivity contribution is 5.90. The Morgan fingerprint density at radius 2 is 2.47 bits per heavy atom. The van der Waals surface area contributed by atoms with Crippen molar-refractivity contribution in [3.05, 3.63) is 12.2 Å². The number of carbonyl (C=O) groups excluding carboxylic acids is 1. The Hall–Kier alpha value is -1.36. The summed E-state index contributed by atoms with van der Waals surface area (Å²) >= 11 is 0. The van der Waals surface area contributed by atoms with Crippen LogP contribution in [-0.4, -0.2) is 47.2 Å². The largest absolute Gasteiger partial charge is 0.481 e. The van der Waals surface area contributed by atoms with Crippen LogP contribution in [0.25, 0.3) is 0 Å². The molecule has 0 aromatic rings. The quantitative estimate of drug-likeness (QED) is 0.590. The average molecular weight is 209 g/mol. The number of likely N-dealkylation sites (tertiary alicyclic amines) is 1. The van der Waals surface area contributed by atoms with Crippen LogP contribution in [0.4, 0.5) is 0 Å². The SMILES string of the molecule is CN1C[C@@]23C=C[C@H](O2)[C@H](C(=O)O)[C@H]3C1=O. The molecule has 1 amide bonds. The van der Waals surface area contributed by atoms with E-state index < -0.39 is 29.5 Å². The van der Waals surface area contributed by atoms with E-state index in [1.54, 1.807) is 18.0 Å². The normalized spacial score (nSPS) is 46.3. The highest BCUT2D eigenvalue weighted by atomic mass is 16.5. The number of carboxylic acids is 1. The number of nitrogens with zero attached hydrogens (tertiary/aromatic N) is 1. The molecular formula is C10H11NO4. The lowest BCUT2D eigenvalue weighted by molar-refractivity contribution is -0.147. The summed E-state index contributed by atoms with van der Waals surface area (Å²) in [6, 6.07) is 0. The van der Waals surface area contributed by atoms with Crippen LogP contribution in [0.3, 0.4) is 0 Å². The van der Waals surface area contributed by atoms with Gasteiger partial charge >= 0.3 is 5.97 Å². The molecule has 2 saturated heterocycles. The molecule has 0 saturated carbocycles. The van der Waals surface area contributed by atoms with E-state index in [-0.39, 0.29) is 5.91 Å². The zero-order valence-electron chi connectivity index (χ0n) is 8.21. The number of likely N-dealkylation sites (N-methyl/N-ethyl adjacent to an activating group) is 1. The van der Waals surface area contributed by atoms with Crippen molar-refractivity contribution in [2.75, 3.05) is 13.6 Å². The third-order valence-corrected chi connectivity index (χ3v) is 3.57. The van der Waals surface area contributed by atoms with Gasteiger partial charge in [0.1, 0.15) is 11.5 Å². The van der Waals surface area contributed by atoms with Gasteiger partial charge in [-0.05, 0) is 0 Å². The molecule has 1 N–H and O–H groups in total. The fraction of sp³-hybridized carbons (Fsp3) is 0.600. The number of carbonyl (C=O) groups is 2. The lowest BCUT2D eigenvalue weighted by Crippen LogP contribution is -2.38. The minimum Gasteiger partial charge on any atom is -0.481 e. The predicted octanol–water partition coefficient (Wildman–Crippen LogP) is -0.517. The maximum atomic E-state index is 11.8. The number of ether oxygens (including phenoxy) is 1. The molecule has 1 spiro atoms. The molecule has 4 atom stereocenters. The molecule has 2 bridgehead atoms. The van der Waals surface area contributed by atoms with E-state index in [0.717, 1.165) is 0 Å². The molecule has 0 aliphatic carbocycles. The van der Waals surface area contributed by atoms with Crippen LogP contribution in [0.1, 0.15) is 0 Å². The third-order valence-electron chi connectivity index (χ3n) is 3.57. The van der Waals surface area contributed by atoms with Gasteiger partial charge in [0.25, 0.3) is 0 Å². The van der Waals surface area contributed by atoms with Crippen LogP contribution in [0.2, 0.25) is 0 Å². The fourth-order valence-corrected chi connectivity index (χ4v) is 2.97. The second kappa shape index (κ2) is 2.41. The van der Waals surface area contributed by atoms with Gasteiger partial charge in [0.05, 0.1) is 18.6 Å². The number of fused-ring (bicyclic) bond motifs is 1. The molecule has 2 fully saturated rings. The first-order chi connectivity index (χ1) is 7.05. The van der Waals surface area contributed by atoms with Gasteiger partial charge in [0.15, 0.2) is 0 Å². The molecule has 5 heteroatoms. The van der Waals surface area contributed by atoms with Gasteiger partial charge in [0, 0.05) is 7.05 Å². The maximum absolute atomic E-state index is 11.8. The van der Waals surface area contributed by atoms with E-state index in [1.807, 2.05) is 6.08 Å². The number of hydrogen-bond donors (Lipinski definition) is 1. The minimum atomic E-state index is -0.945. The van der Waals surface area contributed by atoms with Crippen molar-refractivity contribution in [2.45, 2.75) is 11.7 Å². The van der Waals surface area contributed by atoms with Gasteiger partial charge < -0.3 is 14.7 Å². The molecule has 3 heterocycles. The van der Waals surface area contributed by atoms with Gasteiger partial charge in [-0.15, -0.1) is 0 Å². The lowest BCUT2D eigenvalue weighted by Gasteiger charge is -2.21. The monoisotopic (exact) mass is 209 g/mol. The number of rotatable bonds is 1. The fourth-order valence-electron chi connectivity index (χ4n) is 2.97. The van der Waals surface area contributed by atoms with E-state index >= 15 is 0 Å². The van der Waals surface area contributed by atoms with Gasteiger partial charge in [-0.3, -0.25) is 9.59 Å². The standard InChI is InChI=1S/C10H11NO4/c1-11-4-10-3-2-5(15-10)6(9(13)14)7(10)8(11)12/h2-3,5-7H,4H2,1H3,(H,13,14)/t5-,6-,7-,10+/m0/s1. The van der Waals surface area contributed by atoms with Crippen molar-refractivity contribution in [3.63, 3.8) is 0 Å². The second-order valence-electron chi connectivity index (χ2n) is 4.43. The summed E-state index contributed by atoms with van der Waals surface area (Å²) in [4.78, 5) is 24.5. The van der Waals surface area contributed by atoms with Gasteiger partial charge in [-0.2, -0.15) is 0 Å². The Balaban J connectivity index is 2.08. The Morgan fingerprint density at radius 3 is 3.13 bits per heavy atom. The predicted molar refractivity (Wildman–Crippen MR) is 49.0 cm³/mol. The number of amides is 1. The van der Waals surface area contributed by atoms with Crippen LogP contribution < -0.4 is 0 Å². The third kappa shape index (κ3) is 0.866. The van der Waals surface area contributed by atoms with Crippen molar-refractivity contribution in [1.82, 2.24) is 4.90 Å². The topological polar surface area (TPSA) is 66.8 Å². The first kappa shape index (κ1) is 8.91. The van der Waals surface area contributed by atoms with E-state index in [9.17, 15) is 9.59 Å². The Kier molecular flexibility index (Phi) is 1.43. The highest BCUT2D eigenvalue weighted by Gasteiger charge is 2.66. The van der Waals surface area contributed by atoms with Gasteiger partial charge in [0.2, 0.25) is 5.91 Å². The van der Waals surface area contributed by atoms with Crippen LogP contribution >= 0.6 is 0 Å². The summed E-state index contributed by atoms with van der Waals surface area (Å²) in [5.41, 5.74) is -0.667. The number of carboxylic acid groups (broad SMARTS) is 1. The van der Waals surface area contributed by atoms with E-state index in [1.165, 1.54) is 0 Å². The van der Waals surface area contributed by atoms with Crippen molar-refractivity contribution in [2.24, 2.45) is 11.8 Å². The first-order valence-electron chi connectivity index (χ1n) is 4.90. The molecule has 0 unspecified atom stereocenters. The molecule has 80 valence electrons. The summed E-state index contributed by atoms with van der Waals surface area (Å²) in [5.74, 6) is -2.31. The number of aliphatic carboxylic acids is 1. The van der Waals surface area contributed by atoms with Crippen LogP contribution in [-0.2, 0) is 14.3 Å². The zero-order valence-corrected chi connectivity index (χ0v) is 8.21. The molecule has 15 heavy (non-hydrogen) atoms. The summed E-state index contributed by atoms with van der Waals surface area (Å²) in [6.45, 7) is 0.466. The Morgan fingerprint density at radius 1 is 1.73 bits per heavy atom. The van der Waals surface area contributed by atoms with E-state index in [4.69, 9.17) is 9.84 Å². The van der Waals surface area contributed by atoms with Crippen LogP contribution in [0, 0.1) is 11.8 Å². The van der Waals surface area contributed by atoms with Gasteiger partial charge in [-0.1, -0.05) is 12.2 Å². The second-order valence-corrected chi connectivity index (χ2v) is 4.43. The average Bonchev–Trinajstić information content (AvgIpc) is 2.75. The minimum absolute atomic E-state index is 0.116. The van der Waals surface area contributed by atoms with Crippen molar-refractivity contribution >= 4 is 11.9 Å². The first-order valence-corrected chi connectivity index (χ1v) is 4.90. The van der Waals surface area contributed by atoms with Crippen LogP contribution in [0.5, 0.6) is 0 Å². The smallest absolute Gasteiger partial charge is 0.310 e. The molecule has 3 rings (SSSR count). The van der Waals surface area contributed by atoms with Gasteiger partial charge in [-0.25, -0.2) is 0 Å².